The second-order valence-corrected chi connectivity index (χ2v) is 9.39. The van der Waals surface area contributed by atoms with Gasteiger partial charge in [-0.2, -0.15) is 5.10 Å². The smallest absolute Gasteiger partial charge is 0.318 e. The Hall–Kier alpha value is -2.68. The van der Waals surface area contributed by atoms with Gasteiger partial charge >= 0.3 is 6.03 Å². The molecule has 0 unspecified atom stereocenters. The van der Waals surface area contributed by atoms with Crippen LogP contribution in [0.25, 0.3) is 11.3 Å². The number of urea groups is 1. The van der Waals surface area contributed by atoms with Gasteiger partial charge in [-0.25, -0.2) is 13.6 Å². The Bertz CT molecular complexity index is 1070. The van der Waals surface area contributed by atoms with Gasteiger partial charge in [0.05, 0.1) is 24.3 Å². The predicted octanol–water partition coefficient (Wildman–Crippen LogP) is 3.41. The van der Waals surface area contributed by atoms with E-state index in [1.54, 1.807) is 33.8 Å². The van der Waals surface area contributed by atoms with Crippen molar-refractivity contribution in [3.8, 4) is 11.3 Å². The molecule has 0 atom stereocenters. The second kappa shape index (κ2) is 6.91. The number of primary amides is 1. The summed E-state index contributed by atoms with van der Waals surface area (Å²) in [7, 11) is 0. The molecular formula is C21H22ClF2N5O2. The largest absolute Gasteiger partial charge is 0.365 e. The number of aromatic nitrogens is 2. The predicted molar refractivity (Wildman–Crippen MR) is 110 cm³/mol. The summed E-state index contributed by atoms with van der Waals surface area (Å²) >= 11 is 6.08. The first kappa shape index (κ1) is 20.2. The normalized spacial score (nSPS) is 21.2. The van der Waals surface area contributed by atoms with Crippen molar-refractivity contribution in [1.29, 1.82) is 0 Å². The fourth-order valence-corrected chi connectivity index (χ4v) is 5.47. The molecule has 3 aliphatic rings. The van der Waals surface area contributed by atoms with Crippen LogP contribution in [0.5, 0.6) is 0 Å². The Morgan fingerprint density at radius 3 is 2.61 bits per heavy atom. The molecule has 0 bridgehead atoms. The molecule has 0 radical (unpaired) electrons. The van der Waals surface area contributed by atoms with Gasteiger partial charge in [0.15, 0.2) is 0 Å². The van der Waals surface area contributed by atoms with Gasteiger partial charge in [0.2, 0.25) is 5.92 Å². The van der Waals surface area contributed by atoms with E-state index in [1.807, 2.05) is 0 Å². The number of alkyl halides is 2. The fourth-order valence-electron chi connectivity index (χ4n) is 5.28. The SMILES string of the molecule is NC(=O)c1c(-c2cccc(Cl)c2)nn2c1CN(C(=O)NC1CC3(C1)CC(F)(F)C3)CC2. The van der Waals surface area contributed by atoms with Gasteiger partial charge < -0.3 is 16.0 Å². The highest BCUT2D eigenvalue weighted by molar-refractivity contribution is 6.30. The second-order valence-electron chi connectivity index (χ2n) is 8.95. The van der Waals surface area contributed by atoms with Crippen LogP contribution in [0.2, 0.25) is 5.02 Å². The lowest BCUT2D eigenvalue weighted by Crippen LogP contribution is -2.61. The molecule has 7 nitrogen and oxygen atoms in total. The summed E-state index contributed by atoms with van der Waals surface area (Å²) in [6, 6.07) is 6.65. The van der Waals surface area contributed by atoms with Crippen LogP contribution in [0, 0.1) is 5.41 Å². The summed E-state index contributed by atoms with van der Waals surface area (Å²) in [5, 5.41) is 8.00. The van der Waals surface area contributed by atoms with E-state index < -0.39 is 11.8 Å². The molecular weight excluding hydrogens is 428 g/mol. The van der Waals surface area contributed by atoms with Crippen molar-refractivity contribution in [1.82, 2.24) is 20.0 Å². The van der Waals surface area contributed by atoms with Crippen LogP contribution >= 0.6 is 11.6 Å². The third-order valence-electron chi connectivity index (χ3n) is 6.57. The summed E-state index contributed by atoms with van der Waals surface area (Å²) in [6.07, 6.45) is 1.02. The molecule has 2 fully saturated rings. The van der Waals surface area contributed by atoms with Gasteiger partial charge in [-0.1, -0.05) is 23.7 Å². The summed E-state index contributed by atoms with van der Waals surface area (Å²) in [6.45, 7) is 1.03. The van der Waals surface area contributed by atoms with Crippen molar-refractivity contribution >= 4 is 23.5 Å². The molecule has 3 amide bonds. The van der Waals surface area contributed by atoms with Crippen molar-refractivity contribution in [2.24, 2.45) is 11.1 Å². The van der Waals surface area contributed by atoms with Gasteiger partial charge in [-0.15, -0.1) is 0 Å². The number of hydrogen-bond donors (Lipinski definition) is 2. The quantitative estimate of drug-likeness (QED) is 0.752. The molecule has 1 aromatic heterocycles. The maximum Gasteiger partial charge on any atom is 0.318 e. The van der Waals surface area contributed by atoms with Crippen molar-refractivity contribution in [2.75, 3.05) is 6.54 Å². The molecule has 3 N–H and O–H groups in total. The molecule has 2 saturated carbocycles. The zero-order valence-electron chi connectivity index (χ0n) is 16.7. The van der Waals surface area contributed by atoms with Gasteiger partial charge in [0, 0.05) is 36.0 Å². The van der Waals surface area contributed by atoms with Crippen LogP contribution in [0.3, 0.4) is 0 Å². The number of carbonyl (C=O) groups is 2. The van der Waals surface area contributed by atoms with Gasteiger partial charge in [0.1, 0.15) is 5.69 Å². The standard InChI is InChI=1S/C21H22ClF2N5O2/c22-13-3-1-2-12(6-13)17-16(18(25)30)15-9-28(4-5-29(15)27-17)19(31)26-14-7-20(8-14)10-21(23,24)11-20/h1-3,6,14H,4-5,7-11H2,(H2,25,30)(H,26,31). The van der Waals surface area contributed by atoms with Crippen LogP contribution in [0.1, 0.15) is 41.7 Å². The molecule has 164 valence electrons. The summed E-state index contributed by atoms with van der Waals surface area (Å²) in [5.41, 5.74) is 7.33. The molecule has 1 aromatic carbocycles. The van der Waals surface area contributed by atoms with Crippen LogP contribution in [-0.2, 0) is 13.1 Å². The van der Waals surface area contributed by atoms with E-state index in [2.05, 4.69) is 10.4 Å². The third-order valence-corrected chi connectivity index (χ3v) is 6.80. The number of nitrogens with zero attached hydrogens (tertiary/aromatic N) is 3. The lowest BCUT2D eigenvalue weighted by Gasteiger charge is -2.57. The molecule has 10 heteroatoms. The summed E-state index contributed by atoms with van der Waals surface area (Å²) < 4.78 is 28.1. The topological polar surface area (TPSA) is 93.2 Å². The lowest BCUT2D eigenvalue weighted by molar-refractivity contribution is -0.197. The van der Waals surface area contributed by atoms with Crippen molar-refractivity contribution in [3.63, 3.8) is 0 Å². The van der Waals surface area contributed by atoms with Crippen molar-refractivity contribution in [2.45, 2.75) is 50.7 Å². The molecule has 1 aliphatic heterocycles. The molecule has 31 heavy (non-hydrogen) atoms. The Balaban J connectivity index is 1.30. The fraction of sp³-hybridized carbons (Fsp3) is 0.476. The first-order valence-electron chi connectivity index (χ1n) is 10.2. The monoisotopic (exact) mass is 449 g/mol. The number of benzene rings is 1. The molecule has 2 aliphatic carbocycles. The average molecular weight is 450 g/mol. The van der Waals surface area contributed by atoms with Gasteiger partial charge in [-0.05, 0) is 30.4 Å². The molecule has 2 heterocycles. The van der Waals surface area contributed by atoms with Crippen molar-refractivity contribution < 1.29 is 18.4 Å². The van der Waals surface area contributed by atoms with Crippen LogP contribution in [0.15, 0.2) is 24.3 Å². The first-order chi connectivity index (χ1) is 14.6. The lowest BCUT2D eigenvalue weighted by atomic mass is 9.52. The number of nitrogens with one attached hydrogen (secondary N) is 1. The van der Waals surface area contributed by atoms with E-state index in [1.165, 1.54) is 0 Å². The number of rotatable bonds is 3. The zero-order valence-corrected chi connectivity index (χ0v) is 17.5. The number of amides is 3. The Morgan fingerprint density at radius 1 is 1.23 bits per heavy atom. The third kappa shape index (κ3) is 3.54. The molecule has 5 rings (SSSR count). The minimum atomic E-state index is -2.55. The van der Waals surface area contributed by atoms with Gasteiger partial charge in [0.25, 0.3) is 5.91 Å². The average Bonchev–Trinajstić information content (AvgIpc) is 3.04. The highest BCUT2D eigenvalue weighted by Crippen LogP contribution is 2.62. The van der Waals surface area contributed by atoms with E-state index in [0.717, 1.165) is 0 Å². The minimum Gasteiger partial charge on any atom is -0.365 e. The number of nitrogens with two attached hydrogens (primary N) is 1. The maximum absolute atomic E-state index is 13.2. The summed E-state index contributed by atoms with van der Waals surface area (Å²) in [4.78, 5) is 26.6. The van der Waals surface area contributed by atoms with Gasteiger partial charge in [-0.3, -0.25) is 9.48 Å². The van der Waals surface area contributed by atoms with E-state index in [9.17, 15) is 18.4 Å². The number of fused-ring (bicyclic) bond motifs is 1. The van der Waals surface area contributed by atoms with Crippen LogP contribution in [-0.4, -0.2) is 45.1 Å². The van der Waals surface area contributed by atoms with Crippen LogP contribution < -0.4 is 11.1 Å². The van der Waals surface area contributed by atoms with Crippen LogP contribution in [0.4, 0.5) is 13.6 Å². The summed E-state index contributed by atoms with van der Waals surface area (Å²) in [5.74, 6) is -3.17. The van der Waals surface area contributed by atoms with E-state index in [0.29, 0.717) is 47.9 Å². The zero-order chi connectivity index (χ0) is 22.0. The highest BCUT2D eigenvalue weighted by Gasteiger charge is 2.62. The first-order valence-corrected chi connectivity index (χ1v) is 10.6. The van der Waals surface area contributed by atoms with Crippen molar-refractivity contribution in [3.05, 3.63) is 40.5 Å². The Kier molecular flexibility index (Phi) is 4.51. The minimum absolute atomic E-state index is 0.0798. The van der Waals surface area contributed by atoms with E-state index in [-0.39, 0.29) is 42.4 Å². The molecule has 1 spiro atoms. The number of carbonyl (C=O) groups excluding carboxylic acids is 2. The highest BCUT2D eigenvalue weighted by atomic mass is 35.5. The molecule has 0 saturated heterocycles. The van der Waals surface area contributed by atoms with E-state index >= 15 is 0 Å². The number of halogens is 3. The molecule has 2 aromatic rings. The Labute approximate surface area is 182 Å². The number of hydrogen-bond acceptors (Lipinski definition) is 3. The maximum atomic E-state index is 13.2. The van der Waals surface area contributed by atoms with E-state index in [4.69, 9.17) is 17.3 Å². The Morgan fingerprint density at radius 2 is 1.97 bits per heavy atom.